The summed E-state index contributed by atoms with van der Waals surface area (Å²) in [5.74, 6) is 0.302. The van der Waals surface area contributed by atoms with Crippen LogP contribution in [0.15, 0.2) is 30.5 Å². The minimum atomic E-state index is -0.177. The molecule has 0 fully saturated rings. The van der Waals surface area contributed by atoms with Crippen LogP contribution in [0.2, 0.25) is 0 Å². The third-order valence-electron chi connectivity index (χ3n) is 2.40. The van der Waals surface area contributed by atoms with Crippen molar-refractivity contribution in [3.05, 3.63) is 41.7 Å². The zero-order valence-corrected chi connectivity index (χ0v) is 9.58. The molecular weight excluding hydrogens is 224 g/mol. The minimum Gasteiger partial charge on any atom is -0.354 e. The first-order valence-corrected chi connectivity index (χ1v) is 5.45. The lowest BCUT2D eigenvalue weighted by molar-refractivity contribution is 0.0958. The first-order chi connectivity index (χ1) is 7.74. The largest absolute Gasteiger partial charge is 0.354 e. The molecule has 82 valence electrons. The van der Waals surface area contributed by atoms with Gasteiger partial charge in [0.1, 0.15) is 5.69 Å². The molecule has 3 nitrogen and oxygen atoms in total. The maximum Gasteiger partial charge on any atom is 0.269 e. The zero-order chi connectivity index (χ0) is 11.5. The number of halogens is 1. The summed E-state index contributed by atoms with van der Waals surface area (Å²) < 4.78 is 0. The molecule has 16 heavy (non-hydrogen) atoms. The highest BCUT2D eigenvalue weighted by Crippen LogP contribution is 2.17. The molecule has 0 saturated heterocycles. The fourth-order valence-corrected chi connectivity index (χ4v) is 1.69. The van der Waals surface area contributed by atoms with Crippen LogP contribution in [0.25, 0.3) is 10.8 Å². The molecule has 1 amide bonds. The maximum absolute atomic E-state index is 11.4. The summed E-state index contributed by atoms with van der Waals surface area (Å²) in [7, 11) is 1.59. The lowest BCUT2D eigenvalue weighted by Crippen LogP contribution is -2.18. The van der Waals surface area contributed by atoms with E-state index in [1.165, 1.54) is 0 Å². The highest BCUT2D eigenvalue weighted by Gasteiger charge is 2.05. The van der Waals surface area contributed by atoms with Gasteiger partial charge < -0.3 is 5.32 Å². The molecular formula is C12H11ClN2O. The van der Waals surface area contributed by atoms with Gasteiger partial charge in [0.2, 0.25) is 0 Å². The quantitative estimate of drug-likeness (QED) is 0.811. The molecule has 0 aliphatic carbocycles. The second-order valence-electron chi connectivity index (χ2n) is 3.46. The second-order valence-corrected chi connectivity index (χ2v) is 3.73. The number of nitrogens with zero attached hydrogens (tertiary/aromatic N) is 1. The number of hydrogen-bond acceptors (Lipinski definition) is 2. The van der Waals surface area contributed by atoms with Gasteiger partial charge in [-0.05, 0) is 23.1 Å². The van der Waals surface area contributed by atoms with Crippen molar-refractivity contribution in [1.29, 1.82) is 0 Å². The molecule has 0 aliphatic heterocycles. The van der Waals surface area contributed by atoms with Gasteiger partial charge in [0.25, 0.3) is 5.91 Å². The number of carbonyl (C=O) groups is 1. The maximum atomic E-state index is 11.4. The van der Waals surface area contributed by atoms with Gasteiger partial charge in [-0.15, -0.1) is 11.6 Å². The Morgan fingerprint density at radius 1 is 1.38 bits per heavy atom. The fraction of sp³-hybridized carbons (Fsp3) is 0.167. The topological polar surface area (TPSA) is 42.0 Å². The summed E-state index contributed by atoms with van der Waals surface area (Å²) >= 11 is 5.75. The van der Waals surface area contributed by atoms with Crippen molar-refractivity contribution in [1.82, 2.24) is 10.3 Å². The van der Waals surface area contributed by atoms with E-state index in [1.807, 2.05) is 18.2 Å². The average molecular weight is 235 g/mol. The summed E-state index contributed by atoms with van der Waals surface area (Å²) in [5, 5.41) is 4.53. The van der Waals surface area contributed by atoms with Crippen molar-refractivity contribution in [2.45, 2.75) is 5.88 Å². The number of hydrogen-bond donors (Lipinski definition) is 1. The van der Waals surface area contributed by atoms with Crippen molar-refractivity contribution < 1.29 is 4.79 Å². The molecule has 0 aliphatic rings. The van der Waals surface area contributed by atoms with Crippen LogP contribution in [-0.4, -0.2) is 17.9 Å². The van der Waals surface area contributed by atoms with E-state index >= 15 is 0 Å². The van der Waals surface area contributed by atoms with E-state index in [2.05, 4.69) is 10.3 Å². The van der Waals surface area contributed by atoms with Gasteiger partial charge in [-0.1, -0.05) is 12.1 Å². The first-order valence-electron chi connectivity index (χ1n) is 4.91. The second kappa shape index (κ2) is 4.49. The number of pyridine rings is 1. The Morgan fingerprint density at radius 3 is 2.88 bits per heavy atom. The number of amides is 1. The zero-order valence-electron chi connectivity index (χ0n) is 8.83. The van der Waals surface area contributed by atoms with Gasteiger partial charge >= 0.3 is 0 Å². The average Bonchev–Trinajstić information content (AvgIpc) is 2.36. The standard InChI is InChI=1S/C12H11ClN2O/c1-14-12(16)11-5-9-3-2-8(6-13)4-10(9)7-15-11/h2-5,7H,6H2,1H3,(H,14,16). The number of aromatic nitrogens is 1. The third-order valence-corrected chi connectivity index (χ3v) is 2.71. The smallest absolute Gasteiger partial charge is 0.269 e. The number of benzene rings is 1. The Balaban J connectivity index is 2.51. The van der Waals surface area contributed by atoms with Crippen molar-refractivity contribution in [2.75, 3.05) is 7.05 Å². The Labute approximate surface area is 98.4 Å². The van der Waals surface area contributed by atoms with Crippen LogP contribution in [0, 0.1) is 0 Å². The van der Waals surface area contributed by atoms with E-state index in [0.717, 1.165) is 16.3 Å². The molecule has 2 aromatic rings. The molecule has 1 heterocycles. The highest BCUT2D eigenvalue weighted by atomic mass is 35.5. The molecule has 0 atom stereocenters. The minimum absolute atomic E-state index is 0.177. The summed E-state index contributed by atoms with van der Waals surface area (Å²) in [6.45, 7) is 0. The van der Waals surface area contributed by atoms with E-state index < -0.39 is 0 Å². The normalized spacial score (nSPS) is 10.4. The van der Waals surface area contributed by atoms with E-state index in [0.29, 0.717) is 11.6 Å². The van der Waals surface area contributed by atoms with E-state index in [-0.39, 0.29) is 5.91 Å². The lowest BCUT2D eigenvalue weighted by Gasteiger charge is -2.03. The molecule has 1 aromatic heterocycles. The van der Waals surface area contributed by atoms with Crippen LogP contribution in [0.1, 0.15) is 16.1 Å². The number of nitrogens with one attached hydrogen (secondary N) is 1. The van der Waals surface area contributed by atoms with Crippen molar-refractivity contribution in [2.24, 2.45) is 0 Å². The van der Waals surface area contributed by atoms with Gasteiger partial charge in [0.05, 0.1) is 0 Å². The van der Waals surface area contributed by atoms with Gasteiger partial charge in [-0.25, -0.2) is 0 Å². The fourth-order valence-electron chi connectivity index (χ4n) is 1.53. The molecule has 1 N–H and O–H groups in total. The van der Waals surface area contributed by atoms with Gasteiger partial charge in [-0.2, -0.15) is 0 Å². The molecule has 0 radical (unpaired) electrons. The van der Waals surface area contributed by atoms with Crippen LogP contribution in [0.3, 0.4) is 0 Å². The number of carbonyl (C=O) groups excluding carboxylic acids is 1. The van der Waals surface area contributed by atoms with Crippen molar-refractivity contribution >= 4 is 28.3 Å². The number of fused-ring (bicyclic) bond motifs is 1. The summed E-state index contributed by atoms with van der Waals surface area (Å²) in [6.07, 6.45) is 1.69. The molecule has 4 heteroatoms. The van der Waals surface area contributed by atoms with Crippen LogP contribution in [0.4, 0.5) is 0 Å². The van der Waals surface area contributed by atoms with Crippen LogP contribution >= 0.6 is 11.6 Å². The van der Waals surface area contributed by atoms with E-state index in [4.69, 9.17) is 11.6 Å². The molecule has 2 rings (SSSR count). The molecule has 0 spiro atoms. The summed E-state index contributed by atoms with van der Waals surface area (Å²) in [4.78, 5) is 15.5. The van der Waals surface area contributed by atoms with Crippen LogP contribution in [-0.2, 0) is 5.88 Å². The van der Waals surface area contributed by atoms with Crippen molar-refractivity contribution in [3.63, 3.8) is 0 Å². The first kappa shape index (κ1) is 10.9. The van der Waals surface area contributed by atoms with Gasteiger partial charge in [0, 0.05) is 24.5 Å². The van der Waals surface area contributed by atoms with Crippen LogP contribution < -0.4 is 5.32 Å². The van der Waals surface area contributed by atoms with E-state index in [9.17, 15) is 4.79 Å². The summed E-state index contributed by atoms with van der Waals surface area (Å²) in [6, 6.07) is 7.64. The van der Waals surface area contributed by atoms with E-state index in [1.54, 1.807) is 19.3 Å². The Bertz CT molecular complexity index is 540. The number of alkyl halides is 1. The Kier molecular flexibility index (Phi) is 3.06. The predicted molar refractivity (Wildman–Crippen MR) is 64.7 cm³/mol. The molecule has 0 unspecified atom stereocenters. The van der Waals surface area contributed by atoms with Gasteiger partial charge in [-0.3, -0.25) is 9.78 Å². The SMILES string of the molecule is CNC(=O)c1cc2ccc(CCl)cc2cn1. The Morgan fingerprint density at radius 2 is 2.19 bits per heavy atom. The van der Waals surface area contributed by atoms with Crippen molar-refractivity contribution in [3.8, 4) is 0 Å². The molecule has 0 saturated carbocycles. The predicted octanol–water partition coefficient (Wildman–Crippen LogP) is 2.33. The molecule has 0 bridgehead atoms. The highest BCUT2D eigenvalue weighted by molar-refractivity contribution is 6.17. The van der Waals surface area contributed by atoms with Gasteiger partial charge in [0.15, 0.2) is 0 Å². The van der Waals surface area contributed by atoms with Crippen LogP contribution in [0.5, 0.6) is 0 Å². The number of rotatable bonds is 2. The summed E-state index contributed by atoms with van der Waals surface area (Å²) in [5.41, 5.74) is 1.47. The monoisotopic (exact) mass is 234 g/mol. The lowest BCUT2D eigenvalue weighted by atomic mass is 10.1. The third kappa shape index (κ3) is 1.99. The Hall–Kier alpha value is -1.61. The molecule has 1 aromatic carbocycles.